The van der Waals surface area contributed by atoms with Gasteiger partial charge >= 0.3 is 5.97 Å². The highest BCUT2D eigenvalue weighted by Crippen LogP contribution is 2.50. The van der Waals surface area contributed by atoms with Crippen molar-refractivity contribution in [1.82, 2.24) is 4.90 Å². The van der Waals surface area contributed by atoms with E-state index in [0.29, 0.717) is 30.5 Å². The van der Waals surface area contributed by atoms with E-state index in [2.05, 4.69) is 30.9 Å². The topological polar surface area (TPSA) is 57.6 Å². The van der Waals surface area contributed by atoms with Gasteiger partial charge in [-0.25, -0.2) is 4.79 Å². The predicted molar refractivity (Wildman–Crippen MR) is 127 cm³/mol. The van der Waals surface area contributed by atoms with Crippen LogP contribution in [0, 0.1) is 5.41 Å². The lowest BCUT2D eigenvalue weighted by Gasteiger charge is -2.45. The summed E-state index contributed by atoms with van der Waals surface area (Å²) in [7, 11) is 0. The smallest absolute Gasteiger partial charge is 0.334 e. The van der Waals surface area contributed by atoms with Gasteiger partial charge in [0, 0.05) is 35.9 Å². The molecular formula is C28H31NO3. The fraction of sp³-hybridized carbons (Fsp3) is 0.357. The Morgan fingerprint density at radius 3 is 2.19 bits per heavy atom. The molecule has 0 bridgehead atoms. The summed E-state index contributed by atoms with van der Waals surface area (Å²) < 4.78 is 0. The Balaban J connectivity index is 1.90. The third-order valence-electron chi connectivity index (χ3n) is 6.67. The van der Waals surface area contributed by atoms with Crippen molar-refractivity contribution in [3.05, 3.63) is 82.7 Å². The number of ketones is 1. The lowest BCUT2D eigenvalue weighted by Crippen LogP contribution is -2.41. The standard InChI is InChI=1S/C28H31NO3/c1-5-21-26(27(31)32)24(20-14-12-19(13-15-20)18-10-8-7-9-11-18)25-22(29(21)6-2)16-28(3,4)17-23(25)30/h7-15,24H,5-6,16-17H2,1-4H3,(H,31,32). The maximum atomic E-state index is 13.4. The van der Waals surface area contributed by atoms with Crippen LogP contribution in [0.15, 0.2) is 77.1 Å². The fourth-order valence-corrected chi connectivity index (χ4v) is 5.33. The Morgan fingerprint density at radius 1 is 1.00 bits per heavy atom. The van der Waals surface area contributed by atoms with E-state index in [0.717, 1.165) is 34.5 Å². The largest absolute Gasteiger partial charge is 0.478 e. The van der Waals surface area contributed by atoms with E-state index in [1.807, 2.05) is 56.3 Å². The Kier molecular flexibility index (Phi) is 5.81. The van der Waals surface area contributed by atoms with Crippen LogP contribution in [-0.2, 0) is 9.59 Å². The van der Waals surface area contributed by atoms with Crippen LogP contribution in [0.25, 0.3) is 11.1 Å². The Labute approximate surface area is 190 Å². The zero-order valence-corrected chi connectivity index (χ0v) is 19.3. The number of carboxylic acid groups (broad SMARTS) is 1. The molecule has 4 heteroatoms. The lowest BCUT2D eigenvalue weighted by atomic mass is 9.68. The van der Waals surface area contributed by atoms with E-state index < -0.39 is 11.9 Å². The predicted octanol–water partition coefficient (Wildman–Crippen LogP) is 6.16. The van der Waals surface area contributed by atoms with Crippen molar-refractivity contribution < 1.29 is 14.7 Å². The minimum Gasteiger partial charge on any atom is -0.478 e. The molecule has 0 aromatic heterocycles. The minimum absolute atomic E-state index is 0.0701. The van der Waals surface area contributed by atoms with E-state index in [-0.39, 0.29) is 11.2 Å². The first kappa shape index (κ1) is 22.1. The Bertz CT molecular complexity index is 1110. The number of rotatable bonds is 5. The van der Waals surface area contributed by atoms with Gasteiger partial charge < -0.3 is 10.0 Å². The number of hydrogen-bond acceptors (Lipinski definition) is 3. The second-order valence-corrected chi connectivity index (χ2v) is 9.49. The number of nitrogens with zero attached hydrogens (tertiary/aromatic N) is 1. The number of benzene rings is 2. The molecule has 1 unspecified atom stereocenters. The second-order valence-electron chi connectivity index (χ2n) is 9.49. The van der Waals surface area contributed by atoms with E-state index in [1.54, 1.807) is 0 Å². The molecule has 4 rings (SSSR count). The van der Waals surface area contributed by atoms with Crippen LogP contribution < -0.4 is 0 Å². The quantitative estimate of drug-likeness (QED) is 0.618. The van der Waals surface area contributed by atoms with Crippen LogP contribution in [0.4, 0.5) is 0 Å². The molecule has 2 aliphatic rings. The minimum atomic E-state index is -0.943. The molecule has 0 saturated carbocycles. The Hall–Kier alpha value is -3.14. The molecule has 2 aromatic carbocycles. The summed E-state index contributed by atoms with van der Waals surface area (Å²) in [4.78, 5) is 28.1. The Morgan fingerprint density at radius 2 is 1.62 bits per heavy atom. The molecule has 0 radical (unpaired) electrons. The molecule has 32 heavy (non-hydrogen) atoms. The molecule has 1 aliphatic carbocycles. The molecule has 0 amide bonds. The molecule has 0 saturated heterocycles. The number of carbonyl (C=O) groups excluding carboxylic acids is 1. The number of aliphatic carboxylic acids is 1. The first-order valence-electron chi connectivity index (χ1n) is 11.4. The maximum Gasteiger partial charge on any atom is 0.334 e. The van der Waals surface area contributed by atoms with Crippen LogP contribution in [0.1, 0.15) is 58.4 Å². The van der Waals surface area contributed by atoms with Gasteiger partial charge in [0.25, 0.3) is 0 Å². The molecule has 166 valence electrons. The highest BCUT2D eigenvalue weighted by molar-refractivity contribution is 6.03. The first-order valence-corrected chi connectivity index (χ1v) is 11.4. The number of Topliss-reactive ketones (excluding diaryl/α,β-unsaturated/α-hetero) is 1. The van der Waals surface area contributed by atoms with Crippen LogP contribution >= 0.6 is 0 Å². The molecule has 1 atom stereocenters. The summed E-state index contributed by atoms with van der Waals surface area (Å²) in [6.45, 7) is 8.92. The maximum absolute atomic E-state index is 13.4. The highest BCUT2D eigenvalue weighted by Gasteiger charge is 2.45. The van der Waals surface area contributed by atoms with Gasteiger partial charge in [0.05, 0.1) is 5.57 Å². The van der Waals surface area contributed by atoms with Crippen LogP contribution in [0.3, 0.4) is 0 Å². The summed E-state index contributed by atoms with van der Waals surface area (Å²) in [5.41, 5.74) is 5.76. The van der Waals surface area contributed by atoms with Crippen LogP contribution in [-0.4, -0.2) is 28.3 Å². The molecule has 2 aromatic rings. The third kappa shape index (κ3) is 3.79. The average molecular weight is 430 g/mol. The molecule has 1 N–H and O–H groups in total. The second kappa shape index (κ2) is 8.42. The molecular weight excluding hydrogens is 398 g/mol. The van der Waals surface area contributed by atoms with Crippen molar-refractivity contribution in [3.63, 3.8) is 0 Å². The van der Waals surface area contributed by atoms with Crippen molar-refractivity contribution in [2.24, 2.45) is 5.41 Å². The molecule has 0 fully saturated rings. The normalized spacial score (nSPS) is 20.4. The van der Waals surface area contributed by atoms with Gasteiger partial charge in [-0.3, -0.25) is 4.79 Å². The molecule has 1 aliphatic heterocycles. The fourth-order valence-electron chi connectivity index (χ4n) is 5.33. The van der Waals surface area contributed by atoms with E-state index in [4.69, 9.17) is 0 Å². The third-order valence-corrected chi connectivity index (χ3v) is 6.67. The monoisotopic (exact) mass is 429 g/mol. The average Bonchev–Trinajstić information content (AvgIpc) is 2.77. The summed E-state index contributed by atoms with van der Waals surface area (Å²) >= 11 is 0. The van der Waals surface area contributed by atoms with Crippen molar-refractivity contribution in [2.45, 2.75) is 52.9 Å². The number of carbonyl (C=O) groups is 2. The van der Waals surface area contributed by atoms with Crippen molar-refractivity contribution in [3.8, 4) is 11.1 Å². The number of allylic oxidation sites excluding steroid dienone is 3. The summed E-state index contributed by atoms with van der Waals surface area (Å²) in [5.74, 6) is -1.41. The van der Waals surface area contributed by atoms with E-state index in [1.165, 1.54) is 0 Å². The number of hydrogen-bond donors (Lipinski definition) is 1. The van der Waals surface area contributed by atoms with E-state index >= 15 is 0 Å². The van der Waals surface area contributed by atoms with Gasteiger partial charge in [-0.2, -0.15) is 0 Å². The summed E-state index contributed by atoms with van der Waals surface area (Å²) in [5, 5.41) is 10.3. The lowest BCUT2D eigenvalue weighted by molar-refractivity contribution is -0.133. The van der Waals surface area contributed by atoms with Crippen molar-refractivity contribution in [2.75, 3.05) is 6.54 Å². The van der Waals surface area contributed by atoms with Gasteiger partial charge in [0.15, 0.2) is 5.78 Å². The van der Waals surface area contributed by atoms with Crippen molar-refractivity contribution in [1.29, 1.82) is 0 Å². The SMILES string of the molecule is CCC1=C(C(=O)O)C(c2ccc(-c3ccccc3)cc2)C2=C(CC(C)(C)CC2=O)N1CC. The van der Waals surface area contributed by atoms with Crippen LogP contribution in [0.2, 0.25) is 0 Å². The van der Waals surface area contributed by atoms with Gasteiger partial charge in [-0.1, -0.05) is 75.4 Å². The van der Waals surface area contributed by atoms with Gasteiger partial charge in [0.2, 0.25) is 0 Å². The molecule has 4 nitrogen and oxygen atoms in total. The molecule has 1 heterocycles. The van der Waals surface area contributed by atoms with Crippen LogP contribution in [0.5, 0.6) is 0 Å². The zero-order chi connectivity index (χ0) is 23.0. The zero-order valence-electron chi connectivity index (χ0n) is 19.3. The highest BCUT2D eigenvalue weighted by atomic mass is 16.4. The van der Waals surface area contributed by atoms with Gasteiger partial charge in [-0.15, -0.1) is 0 Å². The number of carboxylic acids is 1. The van der Waals surface area contributed by atoms with Gasteiger partial charge in [-0.05, 0) is 41.9 Å². The first-order chi connectivity index (χ1) is 15.3. The summed E-state index contributed by atoms with van der Waals surface area (Å²) in [6.07, 6.45) is 1.83. The van der Waals surface area contributed by atoms with Crippen molar-refractivity contribution >= 4 is 11.8 Å². The summed E-state index contributed by atoms with van der Waals surface area (Å²) in [6, 6.07) is 18.1. The van der Waals surface area contributed by atoms with Gasteiger partial charge in [0.1, 0.15) is 0 Å². The van der Waals surface area contributed by atoms with E-state index in [9.17, 15) is 14.7 Å². The molecule has 0 spiro atoms.